The number of aliphatic hydroxyl groups excluding tert-OH is 1. The van der Waals surface area contributed by atoms with Crippen molar-refractivity contribution < 1.29 is 19.7 Å². The molecule has 1 fully saturated rings. The summed E-state index contributed by atoms with van der Waals surface area (Å²) in [5.74, 6) is -0.395. The van der Waals surface area contributed by atoms with Gasteiger partial charge < -0.3 is 14.9 Å². The van der Waals surface area contributed by atoms with Gasteiger partial charge in [-0.25, -0.2) is 4.79 Å². The molecule has 2 rings (SSSR count). The van der Waals surface area contributed by atoms with Gasteiger partial charge in [-0.15, -0.1) is 0 Å². The van der Waals surface area contributed by atoms with E-state index in [4.69, 9.17) is 9.84 Å². The van der Waals surface area contributed by atoms with E-state index in [1.165, 1.54) is 0 Å². The Morgan fingerprint density at radius 1 is 1.41 bits per heavy atom. The Morgan fingerprint density at radius 2 is 2.00 bits per heavy atom. The van der Waals surface area contributed by atoms with Crippen LogP contribution in [0.2, 0.25) is 0 Å². The predicted octanol–water partition coefficient (Wildman–Crippen LogP) is 1.56. The number of ether oxygens (including phenoxy) is 1. The third kappa shape index (κ3) is 2.13. The van der Waals surface area contributed by atoms with Crippen LogP contribution in [0.15, 0.2) is 24.3 Å². The highest BCUT2D eigenvalue weighted by Gasteiger charge is 2.53. The van der Waals surface area contributed by atoms with Crippen LogP contribution in [-0.2, 0) is 10.2 Å². The van der Waals surface area contributed by atoms with Crippen molar-refractivity contribution in [3.8, 4) is 5.75 Å². The van der Waals surface area contributed by atoms with Crippen molar-refractivity contribution in [3.05, 3.63) is 29.8 Å². The highest BCUT2D eigenvalue weighted by Crippen LogP contribution is 2.51. The van der Waals surface area contributed by atoms with Crippen molar-refractivity contribution in [2.24, 2.45) is 0 Å². The van der Waals surface area contributed by atoms with Gasteiger partial charge in [0.15, 0.2) is 6.10 Å². The molecule has 4 nitrogen and oxygen atoms in total. The van der Waals surface area contributed by atoms with Crippen LogP contribution in [0.4, 0.5) is 0 Å². The van der Waals surface area contributed by atoms with Crippen LogP contribution in [0, 0.1) is 0 Å². The number of carboxylic acids is 1. The lowest BCUT2D eigenvalue weighted by Gasteiger charge is -2.19. The molecular formula is C13H16O4. The molecule has 2 N–H and O–H groups in total. The van der Waals surface area contributed by atoms with E-state index in [1.807, 2.05) is 31.2 Å². The van der Waals surface area contributed by atoms with Crippen LogP contribution in [0.5, 0.6) is 5.75 Å². The second kappa shape index (κ2) is 4.37. The molecule has 0 spiro atoms. The molecule has 0 radical (unpaired) electrons. The average molecular weight is 236 g/mol. The van der Waals surface area contributed by atoms with E-state index in [0.717, 1.165) is 11.3 Å². The number of hydrogen-bond donors (Lipinski definition) is 2. The number of benzene rings is 1. The smallest absolute Gasteiger partial charge is 0.333 e. The van der Waals surface area contributed by atoms with Crippen LogP contribution >= 0.6 is 0 Å². The van der Waals surface area contributed by atoms with Crippen LogP contribution in [-0.4, -0.2) is 28.9 Å². The van der Waals surface area contributed by atoms with Crippen molar-refractivity contribution in [2.45, 2.75) is 31.3 Å². The molecule has 1 unspecified atom stereocenters. The highest BCUT2D eigenvalue weighted by molar-refractivity contribution is 5.75. The Morgan fingerprint density at radius 3 is 2.41 bits per heavy atom. The quantitative estimate of drug-likeness (QED) is 0.814. The second-order valence-electron chi connectivity index (χ2n) is 4.35. The maximum Gasteiger partial charge on any atom is 0.333 e. The number of carboxylic acid groups (broad SMARTS) is 1. The first-order chi connectivity index (χ1) is 8.10. The van der Waals surface area contributed by atoms with Gasteiger partial charge in [-0.3, -0.25) is 0 Å². The number of hydrogen-bond acceptors (Lipinski definition) is 3. The van der Waals surface area contributed by atoms with Crippen LogP contribution in [0.3, 0.4) is 0 Å². The van der Waals surface area contributed by atoms with Crippen molar-refractivity contribution >= 4 is 5.97 Å². The predicted molar refractivity (Wildman–Crippen MR) is 62.2 cm³/mol. The maximum atomic E-state index is 10.9. The molecule has 0 heterocycles. The zero-order valence-corrected chi connectivity index (χ0v) is 9.72. The van der Waals surface area contributed by atoms with E-state index in [-0.39, 0.29) is 0 Å². The lowest BCUT2D eigenvalue weighted by molar-refractivity contribution is -0.148. The summed E-state index contributed by atoms with van der Waals surface area (Å²) in [7, 11) is 0. The third-order valence-electron chi connectivity index (χ3n) is 3.29. The van der Waals surface area contributed by atoms with Crippen molar-refractivity contribution in [2.75, 3.05) is 6.61 Å². The molecule has 0 aromatic heterocycles. The normalized spacial score (nSPS) is 18.5. The summed E-state index contributed by atoms with van der Waals surface area (Å²) in [6.07, 6.45) is 0.114. The summed E-state index contributed by atoms with van der Waals surface area (Å²) in [4.78, 5) is 10.9. The molecule has 0 aliphatic heterocycles. The van der Waals surface area contributed by atoms with Crippen molar-refractivity contribution in [1.82, 2.24) is 0 Å². The molecule has 17 heavy (non-hydrogen) atoms. The fourth-order valence-corrected chi connectivity index (χ4v) is 2.14. The van der Waals surface area contributed by atoms with E-state index in [0.29, 0.717) is 19.4 Å². The summed E-state index contributed by atoms with van der Waals surface area (Å²) in [6, 6.07) is 7.30. The molecule has 4 heteroatoms. The highest BCUT2D eigenvalue weighted by atomic mass is 16.5. The van der Waals surface area contributed by atoms with Crippen molar-refractivity contribution in [1.29, 1.82) is 0 Å². The number of aliphatic hydroxyl groups is 1. The van der Waals surface area contributed by atoms with Gasteiger partial charge in [0.05, 0.1) is 6.61 Å². The molecule has 1 aliphatic carbocycles. The number of carbonyl (C=O) groups is 1. The molecule has 1 aromatic carbocycles. The number of rotatable bonds is 5. The summed E-state index contributed by atoms with van der Waals surface area (Å²) in [5, 5.41) is 18.6. The van der Waals surface area contributed by atoms with E-state index in [1.54, 1.807) is 0 Å². The van der Waals surface area contributed by atoms with Gasteiger partial charge in [0.2, 0.25) is 0 Å². The SMILES string of the molecule is CCOc1ccc(C2(C(O)C(=O)O)CC2)cc1. The Kier molecular flexibility index (Phi) is 3.07. The Balaban J connectivity index is 2.20. The van der Waals surface area contributed by atoms with E-state index in [9.17, 15) is 9.90 Å². The summed E-state index contributed by atoms with van der Waals surface area (Å²) in [6.45, 7) is 2.51. The second-order valence-corrected chi connectivity index (χ2v) is 4.35. The monoisotopic (exact) mass is 236 g/mol. The average Bonchev–Trinajstić information content (AvgIpc) is 3.11. The molecule has 1 saturated carbocycles. The van der Waals surface area contributed by atoms with Crippen LogP contribution in [0.1, 0.15) is 25.3 Å². The minimum atomic E-state index is -1.32. The number of aliphatic carboxylic acids is 1. The van der Waals surface area contributed by atoms with Gasteiger partial charge in [-0.05, 0) is 37.5 Å². The fraction of sp³-hybridized carbons (Fsp3) is 0.462. The maximum absolute atomic E-state index is 10.9. The summed E-state index contributed by atoms with van der Waals surface area (Å²) in [5.41, 5.74) is 0.284. The van der Waals surface area contributed by atoms with E-state index in [2.05, 4.69) is 0 Å². The third-order valence-corrected chi connectivity index (χ3v) is 3.29. The van der Waals surface area contributed by atoms with E-state index < -0.39 is 17.5 Å². The fourth-order valence-electron chi connectivity index (χ4n) is 2.14. The van der Waals surface area contributed by atoms with Gasteiger partial charge >= 0.3 is 5.97 Å². The summed E-state index contributed by atoms with van der Waals surface area (Å²) >= 11 is 0. The van der Waals surface area contributed by atoms with Gasteiger partial charge in [0.25, 0.3) is 0 Å². The molecule has 0 saturated heterocycles. The van der Waals surface area contributed by atoms with Crippen molar-refractivity contribution in [3.63, 3.8) is 0 Å². The van der Waals surface area contributed by atoms with E-state index >= 15 is 0 Å². The minimum absolute atomic E-state index is 0.587. The zero-order chi connectivity index (χ0) is 12.5. The Bertz CT molecular complexity index is 406. The van der Waals surface area contributed by atoms with Gasteiger partial charge in [0, 0.05) is 5.41 Å². The van der Waals surface area contributed by atoms with Gasteiger partial charge in [-0.1, -0.05) is 12.1 Å². The molecule has 1 atom stereocenters. The topological polar surface area (TPSA) is 66.8 Å². The van der Waals surface area contributed by atoms with Crippen LogP contribution < -0.4 is 4.74 Å². The first-order valence-electron chi connectivity index (χ1n) is 5.74. The largest absolute Gasteiger partial charge is 0.494 e. The first-order valence-corrected chi connectivity index (χ1v) is 5.74. The standard InChI is InChI=1S/C13H16O4/c1-2-17-10-5-3-9(4-6-10)13(7-8-13)11(14)12(15)16/h3-6,11,14H,2,7-8H2,1H3,(H,15,16). The zero-order valence-electron chi connectivity index (χ0n) is 9.72. The Hall–Kier alpha value is -1.55. The van der Waals surface area contributed by atoms with Gasteiger partial charge in [-0.2, -0.15) is 0 Å². The molecule has 0 bridgehead atoms. The molecule has 1 aliphatic rings. The molecular weight excluding hydrogens is 220 g/mol. The molecule has 1 aromatic rings. The minimum Gasteiger partial charge on any atom is -0.494 e. The molecule has 0 amide bonds. The van der Waals surface area contributed by atoms with Gasteiger partial charge in [0.1, 0.15) is 5.75 Å². The first kappa shape index (κ1) is 11.9. The lowest BCUT2D eigenvalue weighted by atomic mass is 9.90. The Labute approximate surface area is 99.8 Å². The lowest BCUT2D eigenvalue weighted by Crippen LogP contribution is -2.33. The summed E-state index contributed by atoms with van der Waals surface area (Å²) < 4.78 is 5.32. The van der Waals surface area contributed by atoms with Crippen LogP contribution in [0.25, 0.3) is 0 Å². The molecule has 92 valence electrons.